The van der Waals surface area contributed by atoms with Gasteiger partial charge < -0.3 is 24.4 Å². The molecule has 1 saturated heterocycles. The predicted octanol–water partition coefficient (Wildman–Crippen LogP) is 1.91. The number of benzene rings is 1. The first kappa shape index (κ1) is 18.3. The molecule has 2 heterocycles. The number of aromatic nitrogens is 1. The van der Waals surface area contributed by atoms with Gasteiger partial charge in [-0.1, -0.05) is 6.92 Å². The number of anilines is 1. The minimum Gasteiger partial charge on any atom is -0.492 e. The van der Waals surface area contributed by atoms with Gasteiger partial charge in [-0.3, -0.25) is 4.79 Å². The molecule has 7 heteroatoms. The molecule has 2 N–H and O–H groups in total. The van der Waals surface area contributed by atoms with Crippen molar-refractivity contribution in [2.24, 2.45) is 11.8 Å². The maximum absolute atomic E-state index is 15.1. The van der Waals surface area contributed by atoms with Crippen LogP contribution < -0.4 is 15.1 Å². The number of piperidine rings is 1. The lowest BCUT2D eigenvalue weighted by molar-refractivity contribution is 0.0175. The Morgan fingerprint density at radius 1 is 1.33 bits per heavy atom. The summed E-state index contributed by atoms with van der Waals surface area (Å²) in [5.41, 5.74) is 0.673. The molecule has 0 radical (unpaired) electrons. The van der Waals surface area contributed by atoms with E-state index in [1.54, 1.807) is 6.20 Å². The molecule has 1 aliphatic heterocycles. The van der Waals surface area contributed by atoms with Crippen molar-refractivity contribution in [2.45, 2.75) is 31.9 Å². The second kappa shape index (κ2) is 6.80. The van der Waals surface area contributed by atoms with Crippen LogP contribution in [0.2, 0.25) is 0 Å². The molecule has 1 saturated carbocycles. The molecule has 2 fully saturated rings. The van der Waals surface area contributed by atoms with Gasteiger partial charge in [-0.05, 0) is 24.8 Å². The summed E-state index contributed by atoms with van der Waals surface area (Å²) in [7, 11) is 1.48. The van der Waals surface area contributed by atoms with E-state index in [0.29, 0.717) is 41.5 Å². The Morgan fingerprint density at radius 2 is 2.07 bits per heavy atom. The molecule has 2 aliphatic rings. The number of ether oxygens (including phenoxy) is 1. The van der Waals surface area contributed by atoms with E-state index in [1.165, 1.54) is 19.2 Å². The van der Waals surface area contributed by atoms with Gasteiger partial charge >= 0.3 is 0 Å². The van der Waals surface area contributed by atoms with Crippen molar-refractivity contribution in [2.75, 3.05) is 31.7 Å². The summed E-state index contributed by atoms with van der Waals surface area (Å²) < 4.78 is 22.8. The highest BCUT2D eigenvalue weighted by Gasteiger charge is 2.36. The number of hydrogen-bond acceptors (Lipinski definition) is 5. The molecule has 3 unspecified atom stereocenters. The van der Waals surface area contributed by atoms with Crippen LogP contribution in [0.4, 0.5) is 10.1 Å². The van der Waals surface area contributed by atoms with Crippen LogP contribution in [0, 0.1) is 17.7 Å². The molecule has 146 valence electrons. The van der Waals surface area contributed by atoms with Crippen LogP contribution in [0.3, 0.4) is 0 Å². The third-order valence-electron chi connectivity index (χ3n) is 5.82. The smallest absolute Gasteiger partial charge is 0.189 e. The largest absolute Gasteiger partial charge is 0.492 e. The van der Waals surface area contributed by atoms with Gasteiger partial charge in [-0.25, -0.2) is 4.39 Å². The van der Waals surface area contributed by atoms with E-state index in [-0.39, 0.29) is 23.9 Å². The van der Waals surface area contributed by atoms with E-state index in [0.717, 1.165) is 12.8 Å². The van der Waals surface area contributed by atoms with Gasteiger partial charge in [0.2, 0.25) is 0 Å². The Morgan fingerprint density at radius 3 is 2.70 bits per heavy atom. The zero-order valence-corrected chi connectivity index (χ0v) is 15.6. The minimum atomic E-state index is -0.634. The molecule has 1 aromatic carbocycles. The summed E-state index contributed by atoms with van der Waals surface area (Å²) in [4.78, 5) is 14.2. The van der Waals surface area contributed by atoms with Crippen LogP contribution in [0.1, 0.15) is 25.8 Å². The maximum Gasteiger partial charge on any atom is 0.189 e. The van der Waals surface area contributed by atoms with Crippen LogP contribution in [0.25, 0.3) is 10.9 Å². The van der Waals surface area contributed by atoms with Crippen molar-refractivity contribution in [3.63, 3.8) is 0 Å². The van der Waals surface area contributed by atoms with Crippen molar-refractivity contribution >= 4 is 16.6 Å². The Kier molecular flexibility index (Phi) is 4.60. The first-order chi connectivity index (χ1) is 13.0. The van der Waals surface area contributed by atoms with E-state index in [1.807, 2.05) is 16.4 Å². The predicted molar refractivity (Wildman–Crippen MR) is 101 cm³/mol. The van der Waals surface area contributed by atoms with Crippen molar-refractivity contribution in [1.82, 2.24) is 4.57 Å². The van der Waals surface area contributed by atoms with Crippen molar-refractivity contribution < 1.29 is 19.3 Å². The monoisotopic (exact) mass is 376 g/mol. The number of aliphatic hydroxyl groups is 2. The fourth-order valence-electron chi connectivity index (χ4n) is 4.24. The van der Waals surface area contributed by atoms with E-state index in [2.05, 4.69) is 0 Å². The van der Waals surface area contributed by atoms with E-state index in [4.69, 9.17) is 4.74 Å². The summed E-state index contributed by atoms with van der Waals surface area (Å²) in [6, 6.07) is 3.06. The summed E-state index contributed by atoms with van der Waals surface area (Å²) >= 11 is 0. The molecule has 2 aromatic rings. The average Bonchev–Trinajstić information content (AvgIpc) is 3.48. The van der Waals surface area contributed by atoms with Gasteiger partial charge in [0.1, 0.15) is 5.69 Å². The second-order valence-electron chi connectivity index (χ2n) is 7.77. The molecule has 3 atom stereocenters. The summed E-state index contributed by atoms with van der Waals surface area (Å²) in [5, 5.41) is 20.2. The van der Waals surface area contributed by atoms with E-state index >= 15 is 4.39 Å². The topological polar surface area (TPSA) is 74.9 Å². The van der Waals surface area contributed by atoms with Gasteiger partial charge in [-0.15, -0.1) is 0 Å². The molecule has 4 rings (SSSR count). The molecule has 0 amide bonds. The SMILES string of the molecule is COc1c(N2CC(C)C(O)C(CO)C2)c(F)cc2c(=O)ccn(C3CC3)c12. The van der Waals surface area contributed by atoms with Gasteiger partial charge in [0.05, 0.1) is 30.7 Å². The summed E-state index contributed by atoms with van der Waals surface area (Å²) in [6.07, 6.45) is 3.16. The maximum atomic E-state index is 15.1. The van der Waals surface area contributed by atoms with Gasteiger partial charge in [0.15, 0.2) is 17.0 Å². The molecule has 0 spiro atoms. The number of halogens is 1. The lowest BCUT2D eigenvalue weighted by atomic mass is 9.87. The van der Waals surface area contributed by atoms with E-state index < -0.39 is 11.9 Å². The number of fused-ring (bicyclic) bond motifs is 1. The molecule has 0 bridgehead atoms. The first-order valence-corrected chi connectivity index (χ1v) is 9.41. The first-order valence-electron chi connectivity index (χ1n) is 9.41. The van der Waals surface area contributed by atoms with Crippen LogP contribution in [0.5, 0.6) is 5.75 Å². The molecule has 27 heavy (non-hydrogen) atoms. The molecular formula is C20H25FN2O4. The van der Waals surface area contributed by atoms with Crippen LogP contribution >= 0.6 is 0 Å². The highest BCUT2D eigenvalue weighted by molar-refractivity contribution is 5.91. The second-order valence-corrected chi connectivity index (χ2v) is 7.77. The average molecular weight is 376 g/mol. The number of aliphatic hydroxyl groups excluding tert-OH is 2. The lowest BCUT2D eigenvalue weighted by Gasteiger charge is -2.41. The third kappa shape index (κ3) is 2.99. The highest BCUT2D eigenvalue weighted by atomic mass is 19.1. The third-order valence-corrected chi connectivity index (χ3v) is 5.82. The van der Waals surface area contributed by atoms with Crippen LogP contribution in [0.15, 0.2) is 23.1 Å². The molecule has 1 aliphatic carbocycles. The van der Waals surface area contributed by atoms with Gasteiger partial charge in [0, 0.05) is 37.3 Å². The molecular weight excluding hydrogens is 351 g/mol. The fourth-order valence-corrected chi connectivity index (χ4v) is 4.24. The van der Waals surface area contributed by atoms with Gasteiger partial charge in [0.25, 0.3) is 0 Å². The lowest BCUT2D eigenvalue weighted by Crippen LogP contribution is -2.50. The Bertz CT molecular complexity index is 924. The Labute approximate surface area is 156 Å². The quantitative estimate of drug-likeness (QED) is 0.853. The zero-order chi connectivity index (χ0) is 19.3. The molecule has 6 nitrogen and oxygen atoms in total. The Hall–Kier alpha value is -2.12. The van der Waals surface area contributed by atoms with Crippen LogP contribution in [-0.2, 0) is 0 Å². The van der Waals surface area contributed by atoms with Crippen molar-refractivity contribution in [3.8, 4) is 5.75 Å². The number of hydrogen-bond donors (Lipinski definition) is 2. The number of rotatable bonds is 4. The van der Waals surface area contributed by atoms with Crippen LogP contribution in [-0.4, -0.2) is 47.7 Å². The number of pyridine rings is 1. The number of methoxy groups -OCH3 is 1. The fraction of sp³-hybridized carbons (Fsp3) is 0.550. The van der Waals surface area contributed by atoms with Crippen molar-refractivity contribution in [1.29, 1.82) is 0 Å². The minimum absolute atomic E-state index is 0.128. The summed E-state index contributed by atoms with van der Waals surface area (Å²) in [6.45, 7) is 2.47. The normalized spacial score (nSPS) is 25.8. The van der Waals surface area contributed by atoms with Crippen molar-refractivity contribution in [3.05, 3.63) is 34.4 Å². The van der Waals surface area contributed by atoms with E-state index in [9.17, 15) is 15.0 Å². The summed E-state index contributed by atoms with van der Waals surface area (Å²) in [5.74, 6) is -0.674. The standard InChI is InChI=1S/C20H25FN2O4/c1-11-8-22(9-12(10-24)19(11)26)18-15(21)7-14-16(25)5-6-23(13-3-4-13)17(14)20(18)27-2/h5-7,11-13,19,24,26H,3-4,8-10H2,1-2H3. The number of nitrogens with zero attached hydrogens (tertiary/aromatic N) is 2. The Balaban J connectivity index is 1.92. The highest BCUT2D eigenvalue weighted by Crippen LogP contribution is 2.44. The zero-order valence-electron chi connectivity index (χ0n) is 15.6. The molecule has 1 aromatic heterocycles. The van der Waals surface area contributed by atoms with Gasteiger partial charge in [-0.2, -0.15) is 0 Å².